The Labute approximate surface area is 76.1 Å². The summed E-state index contributed by atoms with van der Waals surface area (Å²) in [5.74, 6) is 2.87. The van der Waals surface area contributed by atoms with Crippen molar-refractivity contribution in [3.8, 4) is 0 Å². The van der Waals surface area contributed by atoms with Gasteiger partial charge in [-0.15, -0.1) is 0 Å². The molecule has 1 fully saturated rings. The van der Waals surface area contributed by atoms with Crippen molar-refractivity contribution in [2.45, 2.75) is 46.0 Å². The highest BCUT2D eigenvalue weighted by molar-refractivity contribution is 5.10. The van der Waals surface area contributed by atoms with Crippen molar-refractivity contribution < 1.29 is 0 Å². The van der Waals surface area contributed by atoms with Crippen LogP contribution in [0.1, 0.15) is 46.0 Å². The number of hydrogen-bond acceptors (Lipinski definition) is 0. The van der Waals surface area contributed by atoms with E-state index in [1.165, 1.54) is 32.1 Å². The first-order valence-corrected chi connectivity index (χ1v) is 5.43. The van der Waals surface area contributed by atoms with E-state index in [0.717, 1.165) is 17.8 Å². The van der Waals surface area contributed by atoms with E-state index in [1.54, 1.807) is 5.57 Å². The zero-order chi connectivity index (χ0) is 8.55. The van der Waals surface area contributed by atoms with E-state index in [9.17, 15) is 0 Å². The van der Waals surface area contributed by atoms with Gasteiger partial charge in [0.2, 0.25) is 0 Å². The van der Waals surface area contributed by atoms with E-state index in [4.69, 9.17) is 0 Å². The highest BCUT2D eigenvalue weighted by Crippen LogP contribution is 2.38. The van der Waals surface area contributed by atoms with Crippen LogP contribution in [0.3, 0.4) is 0 Å². The largest absolute Gasteiger partial charge is 0.0825 e. The Kier molecular flexibility index (Phi) is 2.25. The van der Waals surface area contributed by atoms with Crippen LogP contribution in [0, 0.1) is 17.8 Å². The van der Waals surface area contributed by atoms with E-state index in [0.29, 0.717) is 0 Å². The summed E-state index contributed by atoms with van der Waals surface area (Å²) < 4.78 is 0. The molecule has 0 amide bonds. The molecule has 0 heteroatoms. The first kappa shape index (κ1) is 8.34. The molecule has 3 unspecified atom stereocenters. The van der Waals surface area contributed by atoms with Crippen molar-refractivity contribution in [1.82, 2.24) is 0 Å². The lowest BCUT2D eigenvalue weighted by Crippen LogP contribution is -2.11. The molecule has 68 valence electrons. The predicted molar refractivity (Wildman–Crippen MR) is 53.0 cm³/mol. The number of allylic oxidation sites excluding steroid dienone is 2. The van der Waals surface area contributed by atoms with E-state index in [-0.39, 0.29) is 0 Å². The molecule has 0 spiro atoms. The van der Waals surface area contributed by atoms with Crippen molar-refractivity contribution in [3.05, 3.63) is 11.6 Å². The Morgan fingerprint density at radius 2 is 2.08 bits per heavy atom. The zero-order valence-corrected chi connectivity index (χ0v) is 8.34. The van der Waals surface area contributed by atoms with Crippen molar-refractivity contribution in [1.29, 1.82) is 0 Å². The van der Waals surface area contributed by atoms with E-state index < -0.39 is 0 Å². The average molecular weight is 164 g/mol. The third-order valence-corrected chi connectivity index (χ3v) is 3.47. The van der Waals surface area contributed by atoms with Gasteiger partial charge in [-0.25, -0.2) is 0 Å². The van der Waals surface area contributed by atoms with Gasteiger partial charge in [0.05, 0.1) is 0 Å². The van der Waals surface area contributed by atoms with Gasteiger partial charge in [-0.1, -0.05) is 25.5 Å². The fourth-order valence-electron chi connectivity index (χ4n) is 3.00. The first-order valence-electron chi connectivity index (χ1n) is 5.43. The second kappa shape index (κ2) is 3.24. The van der Waals surface area contributed by atoms with Crippen LogP contribution in [0.15, 0.2) is 11.6 Å². The summed E-state index contributed by atoms with van der Waals surface area (Å²) in [6.45, 7) is 4.80. The van der Waals surface area contributed by atoms with Gasteiger partial charge in [0, 0.05) is 0 Å². The Bertz CT molecular complexity index is 190. The summed E-state index contributed by atoms with van der Waals surface area (Å²) in [5.41, 5.74) is 1.77. The molecule has 0 aromatic heterocycles. The molecule has 1 saturated carbocycles. The van der Waals surface area contributed by atoms with Crippen LogP contribution in [-0.4, -0.2) is 0 Å². The fourth-order valence-corrected chi connectivity index (χ4v) is 3.00. The standard InChI is InChI=1S/C12H20/c1-9-3-4-11-6-10(2)7-12(5-9)8-11/h6,9-10,12H,3-5,7-8H2,1-2H3. The topological polar surface area (TPSA) is 0 Å². The van der Waals surface area contributed by atoms with E-state index in [2.05, 4.69) is 19.9 Å². The smallest absolute Gasteiger partial charge is 0.0257 e. The minimum atomic E-state index is 0.865. The molecule has 0 aromatic carbocycles. The Morgan fingerprint density at radius 3 is 2.92 bits per heavy atom. The summed E-state index contributed by atoms with van der Waals surface area (Å²) in [4.78, 5) is 0. The molecule has 0 nitrogen and oxygen atoms in total. The minimum absolute atomic E-state index is 0.865. The molecule has 0 saturated heterocycles. The van der Waals surface area contributed by atoms with Gasteiger partial charge in [-0.2, -0.15) is 0 Å². The number of rotatable bonds is 0. The molecular weight excluding hydrogens is 144 g/mol. The summed E-state index contributed by atoms with van der Waals surface area (Å²) in [5, 5.41) is 0. The van der Waals surface area contributed by atoms with Gasteiger partial charge in [0.15, 0.2) is 0 Å². The predicted octanol–water partition coefficient (Wildman–Crippen LogP) is 3.78. The molecule has 3 atom stereocenters. The molecule has 2 bridgehead atoms. The summed E-state index contributed by atoms with van der Waals surface area (Å²) >= 11 is 0. The lowest BCUT2D eigenvalue weighted by molar-refractivity contribution is 0.344. The second-order valence-electron chi connectivity index (χ2n) is 4.99. The summed E-state index contributed by atoms with van der Waals surface area (Å²) in [7, 11) is 0. The van der Waals surface area contributed by atoms with Crippen molar-refractivity contribution in [2.24, 2.45) is 17.8 Å². The molecule has 12 heavy (non-hydrogen) atoms. The second-order valence-corrected chi connectivity index (χ2v) is 4.99. The lowest BCUT2D eigenvalue weighted by atomic mass is 9.81. The Hall–Kier alpha value is -0.260. The molecule has 0 radical (unpaired) electrons. The molecule has 0 aromatic rings. The highest BCUT2D eigenvalue weighted by atomic mass is 14.3. The third-order valence-electron chi connectivity index (χ3n) is 3.47. The van der Waals surface area contributed by atoms with Crippen molar-refractivity contribution in [2.75, 3.05) is 0 Å². The van der Waals surface area contributed by atoms with Crippen LogP contribution in [0.25, 0.3) is 0 Å². The Balaban J connectivity index is 2.12. The van der Waals surface area contributed by atoms with Gasteiger partial charge >= 0.3 is 0 Å². The summed E-state index contributed by atoms with van der Waals surface area (Å²) in [6.07, 6.45) is 9.73. The molecule has 2 rings (SSSR count). The van der Waals surface area contributed by atoms with Crippen molar-refractivity contribution in [3.63, 3.8) is 0 Å². The van der Waals surface area contributed by atoms with E-state index >= 15 is 0 Å². The number of hydrogen-bond donors (Lipinski definition) is 0. The molecule has 2 aliphatic rings. The van der Waals surface area contributed by atoms with Gasteiger partial charge in [0.1, 0.15) is 0 Å². The number of fused-ring (bicyclic) bond motifs is 2. The molecule has 0 N–H and O–H groups in total. The first-order chi connectivity index (χ1) is 5.74. The maximum atomic E-state index is 2.54. The molecule has 2 aliphatic carbocycles. The Morgan fingerprint density at radius 1 is 1.25 bits per heavy atom. The summed E-state index contributed by atoms with van der Waals surface area (Å²) in [6, 6.07) is 0. The van der Waals surface area contributed by atoms with Gasteiger partial charge in [0.25, 0.3) is 0 Å². The normalized spacial score (nSPS) is 41.8. The maximum absolute atomic E-state index is 2.54. The molecule has 0 aliphatic heterocycles. The van der Waals surface area contributed by atoms with Crippen LogP contribution in [0.5, 0.6) is 0 Å². The van der Waals surface area contributed by atoms with Crippen LogP contribution in [0.2, 0.25) is 0 Å². The highest BCUT2D eigenvalue weighted by Gasteiger charge is 2.24. The lowest BCUT2D eigenvalue weighted by Gasteiger charge is -2.24. The fraction of sp³-hybridized carbons (Fsp3) is 0.833. The maximum Gasteiger partial charge on any atom is -0.0257 e. The third kappa shape index (κ3) is 1.73. The molecular formula is C12H20. The van der Waals surface area contributed by atoms with Crippen LogP contribution in [-0.2, 0) is 0 Å². The molecule has 0 heterocycles. The van der Waals surface area contributed by atoms with Crippen LogP contribution in [0.4, 0.5) is 0 Å². The SMILES string of the molecule is CC1C=C2CCC(C)CC(C2)C1. The monoisotopic (exact) mass is 164 g/mol. The van der Waals surface area contributed by atoms with Gasteiger partial charge < -0.3 is 0 Å². The van der Waals surface area contributed by atoms with Gasteiger partial charge in [-0.3, -0.25) is 0 Å². The van der Waals surface area contributed by atoms with Crippen LogP contribution < -0.4 is 0 Å². The zero-order valence-electron chi connectivity index (χ0n) is 8.34. The average Bonchev–Trinajstić information content (AvgIpc) is 2.10. The van der Waals surface area contributed by atoms with Gasteiger partial charge in [-0.05, 0) is 49.9 Å². The minimum Gasteiger partial charge on any atom is -0.0825 e. The van der Waals surface area contributed by atoms with Crippen LogP contribution >= 0.6 is 0 Å². The van der Waals surface area contributed by atoms with E-state index in [1.807, 2.05) is 0 Å². The quantitative estimate of drug-likeness (QED) is 0.478. The van der Waals surface area contributed by atoms with Crippen molar-refractivity contribution >= 4 is 0 Å².